The van der Waals surface area contributed by atoms with Gasteiger partial charge in [0.25, 0.3) is 0 Å². The van der Waals surface area contributed by atoms with Gasteiger partial charge in [-0.05, 0) is 92.4 Å². The number of hydrogen-bond donors (Lipinski definition) is 2. The molecule has 0 heterocycles. The molecule has 4 aliphatic carbocycles. The Kier molecular flexibility index (Phi) is 3.61. The number of rotatable bonds is 1. The molecular formula is C21H32O3. The van der Waals surface area contributed by atoms with Gasteiger partial charge in [0.1, 0.15) is 0 Å². The van der Waals surface area contributed by atoms with E-state index in [0.29, 0.717) is 17.8 Å². The van der Waals surface area contributed by atoms with E-state index in [-0.39, 0.29) is 22.7 Å². The van der Waals surface area contributed by atoms with Crippen LogP contribution < -0.4 is 0 Å². The van der Waals surface area contributed by atoms with E-state index in [2.05, 4.69) is 19.9 Å². The Morgan fingerprint density at radius 3 is 2.58 bits per heavy atom. The Hall–Kier alpha value is -0.670. The molecule has 3 nitrogen and oxygen atoms in total. The average Bonchev–Trinajstić information content (AvgIpc) is 2.87. The first-order valence-electron chi connectivity index (χ1n) is 9.84. The summed E-state index contributed by atoms with van der Waals surface area (Å²) < 4.78 is 0. The number of ketones is 1. The van der Waals surface area contributed by atoms with Crippen molar-refractivity contribution in [3.05, 3.63) is 11.6 Å². The monoisotopic (exact) mass is 332 g/mol. The maximum Gasteiger partial charge on any atom is 0.156 e. The number of aliphatic hydroxyl groups is 2. The molecule has 0 radical (unpaired) electrons. The number of Topliss-reactive ketones (excluding diaryl/α,β-unsaturated/α-hetero) is 1. The van der Waals surface area contributed by atoms with Crippen LogP contribution in [0.1, 0.15) is 72.1 Å². The minimum Gasteiger partial charge on any atom is -0.393 e. The summed E-state index contributed by atoms with van der Waals surface area (Å²) in [6.07, 6.45) is 9.41. The zero-order chi connectivity index (χ0) is 17.3. The molecule has 0 saturated heterocycles. The molecule has 7 unspecified atom stereocenters. The van der Waals surface area contributed by atoms with E-state index in [9.17, 15) is 15.0 Å². The second kappa shape index (κ2) is 5.17. The topological polar surface area (TPSA) is 57.5 Å². The van der Waals surface area contributed by atoms with Crippen molar-refractivity contribution in [3.8, 4) is 0 Å². The Bertz CT molecular complexity index is 596. The van der Waals surface area contributed by atoms with E-state index in [1.807, 2.05) is 0 Å². The predicted molar refractivity (Wildman–Crippen MR) is 93.3 cm³/mol. The summed E-state index contributed by atoms with van der Waals surface area (Å²) in [7, 11) is 0. The van der Waals surface area contributed by atoms with Crippen molar-refractivity contribution in [2.75, 3.05) is 0 Å². The van der Waals surface area contributed by atoms with Crippen LogP contribution in [0.4, 0.5) is 0 Å². The van der Waals surface area contributed by atoms with Crippen LogP contribution in [0.25, 0.3) is 0 Å². The van der Waals surface area contributed by atoms with E-state index in [1.165, 1.54) is 0 Å². The first-order valence-corrected chi connectivity index (χ1v) is 9.84. The fraction of sp³-hybridized carbons (Fsp3) is 0.857. The highest BCUT2D eigenvalue weighted by Gasteiger charge is 2.66. The van der Waals surface area contributed by atoms with Crippen LogP contribution in [0, 0.1) is 28.6 Å². The molecule has 3 heteroatoms. The summed E-state index contributed by atoms with van der Waals surface area (Å²) in [5, 5.41) is 22.0. The van der Waals surface area contributed by atoms with Gasteiger partial charge in [-0.2, -0.15) is 0 Å². The molecule has 4 rings (SSSR count). The molecule has 7 atom stereocenters. The van der Waals surface area contributed by atoms with Gasteiger partial charge in [-0.25, -0.2) is 0 Å². The van der Waals surface area contributed by atoms with E-state index >= 15 is 0 Å². The first-order chi connectivity index (χ1) is 11.2. The maximum absolute atomic E-state index is 12.1. The summed E-state index contributed by atoms with van der Waals surface area (Å²) in [6.45, 7) is 6.24. The molecule has 134 valence electrons. The minimum absolute atomic E-state index is 0.0416. The zero-order valence-corrected chi connectivity index (χ0v) is 15.3. The second-order valence-electron chi connectivity index (χ2n) is 9.58. The van der Waals surface area contributed by atoms with Gasteiger partial charge in [-0.3, -0.25) is 4.79 Å². The molecule has 0 amide bonds. The van der Waals surface area contributed by atoms with Gasteiger partial charge in [0.2, 0.25) is 0 Å². The smallest absolute Gasteiger partial charge is 0.156 e. The third-order valence-corrected chi connectivity index (χ3v) is 8.78. The lowest BCUT2D eigenvalue weighted by atomic mass is 9.42. The molecule has 0 aromatic rings. The highest BCUT2D eigenvalue weighted by molar-refractivity contribution is 5.95. The van der Waals surface area contributed by atoms with Crippen LogP contribution >= 0.6 is 0 Å². The normalized spacial score (nSPS) is 53.6. The summed E-state index contributed by atoms with van der Waals surface area (Å²) in [6, 6.07) is 0. The lowest BCUT2D eigenvalue weighted by molar-refractivity contribution is -0.236. The van der Waals surface area contributed by atoms with Crippen LogP contribution in [0.15, 0.2) is 11.6 Å². The minimum atomic E-state index is -0.625. The number of carbonyl (C=O) groups excluding carboxylic acids is 1. The summed E-state index contributed by atoms with van der Waals surface area (Å²) >= 11 is 0. The van der Waals surface area contributed by atoms with E-state index in [0.717, 1.165) is 56.9 Å². The molecule has 3 fully saturated rings. The third kappa shape index (κ3) is 1.94. The maximum atomic E-state index is 12.1. The number of hydrogen-bond acceptors (Lipinski definition) is 3. The van der Waals surface area contributed by atoms with Gasteiger partial charge in [0.15, 0.2) is 5.78 Å². The van der Waals surface area contributed by atoms with E-state index in [4.69, 9.17) is 0 Å². The standard InChI is InChI=1S/C21H32O3/c1-13(22)16-6-7-17-18-5-4-14-12-15(23)8-9-20(14,3)21(18,24)11-10-19(16,17)2/h6,14-15,17-18,23-24H,4-5,7-12H2,1-3H3. The molecule has 3 saturated carbocycles. The van der Waals surface area contributed by atoms with Crippen LogP contribution in [0.5, 0.6) is 0 Å². The van der Waals surface area contributed by atoms with Crippen LogP contribution in [-0.2, 0) is 4.79 Å². The van der Waals surface area contributed by atoms with Crippen molar-refractivity contribution >= 4 is 5.78 Å². The molecular weight excluding hydrogens is 300 g/mol. The van der Waals surface area contributed by atoms with E-state index < -0.39 is 5.60 Å². The summed E-state index contributed by atoms with van der Waals surface area (Å²) in [5.74, 6) is 1.35. The quantitative estimate of drug-likeness (QED) is 0.771. The van der Waals surface area contributed by atoms with Gasteiger partial charge in [0.05, 0.1) is 11.7 Å². The highest BCUT2D eigenvalue weighted by Crippen LogP contribution is 2.67. The van der Waals surface area contributed by atoms with Gasteiger partial charge in [-0.1, -0.05) is 19.9 Å². The first kappa shape index (κ1) is 16.8. The molecule has 0 aromatic carbocycles. The van der Waals surface area contributed by atoms with Gasteiger partial charge in [-0.15, -0.1) is 0 Å². The van der Waals surface area contributed by atoms with Crippen molar-refractivity contribution in [3.63, 3.8) is 0 Å². The molecule has 0 aliphatic heterocycles. The largest absolute Gasteiger partial charge is 0.393 e. The molecule has 0 aromatic heterocycles. The highest BCUT2D eigenvalue weighted by atomic mass is 16.3. The number of carbonyl (C=O) groups is 1. The van der Waals surface area contributed by atoms with Crippen LogP contribution in [0.2, 0.25) is 0 Å². The van der Waals surface area contributed by atoms with Crippen LogP contribution in [0.3, 0.4) is 0 Å². The second-order valence-corrected chi connectivity index (χ2v) is 9.58. The third-order valence-electron chi connectivity index (χ3n) is 8.78. The summed E-state index contributed by atoms with van der Waals surface area (Å²) in [4.78, 5) is 12.1. The van der Waals surface area contributed by atoms with Crippen molar-refractivity contribution in [1.82, 2.24) is 0 Å². The molecule has 2 N–H and O–H groups in total. The van der Waals surface area contributed by atoms with Crippen molar-refractivity contribution in [1.29, 1.82) is 0 Å². The number of allylic oxidation sites excluding steroid dienone is 2. The SMILES string of the molecule is CC(=O)C1=CCC2C3CCC4CC(O)CCC4(C)C3(O)CCC12C. The van der Waals surface area contributed by atoms with Crippen molar-refractivity contribution < 1.29 is 15.0 Å². The number of aliphatic hydroxyl groups excluding tert-OH is 1. The molecule has 24 heavy (non-hydrogen) atoms. The fourth-order valence-electron chi connectivity index (χ4n) is 7.29. The summed E-state index contributed by atoms with van der Waals surface area (Å²) in [5.41, 5.74) is 0.275. The molecule has 0 bridgehead atoms. The lowest BCUT2D eigenvalue weighted by Crippen LogP contribution is -2.65. The number of fused-ring (bicyclic) bond motifs is 5. The van der Waals surface area contributed by atoms with Crippen LogP contribution in [-0.4, -0.2) is 27.7 Å². The Balaban J connectivity index is 1.69. The Labute approximate surface area is 145 Å². The zero-order valence-electron chi connectivity index (χ0n) is 15.3. The van der Waals surface area contributed by atoms with Crippen molar-refractivity contribution in [2.24, 2.45) is 28.6 Å². The van der Waals surface area contributed by atoms with Gasteiger partial charge in [0, 0.05) is 0 Å². The predicted octanol–water partition coefficient (Wildman–Crippen LogP) is 3.63. The van der Waals surface area contributed by atoms with Gasteiger partial charge < -0.3 is 10.2 Å². The lowest BCUT2D eigenvalue weighted by Gasteiger charge is -2.65. The van der Waals surface area contributed by atoms with E-state index in [1.54, 1.807) is 6.92 Å². The van der Waals surface area contributed by atoms with Crippen molar-refractivity contribution in [2.45, 2.75) is 83.8 Å². The van der Waals surface area contributed by atoms with Gasteiger partial charge >= 0.3 is 0 Å². The fourth-order valence-corrected chi connectivity index (χ4v) is 7.29. The Morgan fingerprint density at radius 2 is 1.88 bits per heavy atom. The Morgan fingerprint density at radius 1 is 1.12 bits per heavy atom. The molecule has 4 aliphatic rings. The molecule has 0 spiro atoms. The average molecular weight is 332 g/mol.